The summed E-state index contributed by atoms with van der Waals surface area (Å²) < 4.78 is 13.2. The third-order valence-corrected chi connectivity index (χ3v) is 5.50. The van der Waals surface area contributed by atoms with Crippen LogP contribution in [-0.2, 0) is 6.54 Å². The monoisotopic (exact) mass is 393 g/mol. The summed E-state index contributed by atoms with van der Waals surface area (Å²) in [5.74, 6) is 0.645. The Hall–Kier alpha value is -1.63. The van der Waals surface area contributed by atoms with Gasteiger partial charge in [-0.3, -0.25) is 9.69 Å². The number of hydrogen-bond donors (Lipinski definition) is 0. The number of piperazine rings is 1. The van der Waals surface area contributed by atoms with Gasteiger partial charge in [-0.25, -0.2) is 9.37 Å². The molecule has 0 N–H and O–H groups in total. The molecule has 1 fully saturated rings. The van der Waals surface area contributed by atoms with E-state index < -0.39 is 0 Å². The number of pyridine rings is 1. The first-order valence-electron chi connectivity index (χ1n) is 8.61. The number of carbonyl (C=O) groups is 1. The van der Waals surface area contributed by atoms with Crippen LogP contribution >= 0.6 is 23.4 Å². The Morgan fingerprint density at radius 2 is 2.00 bits per heavy atom. The van der Waals surface area contributed by atoms with E-state index in [0.29, 0.717) is 30.2 Å². The average molecular weight is 394 g/mol. The summed E-state index contributed by atoms with van der Waals surface area (Å²) in [4.78, 5) is 21.1. The fourth-order valence-electron chi connectivity index (χ4n) is 2.95. The minimum absolute atomic E-state index is 0.0461. The van der Waals surface area contributed by atoms with Crippen LogP contribution in [0.5, 0.6) is 0 Å². The van der Waals surface area contributed by atoms with Crippen LogP contribution in [0.25, 0.3) is 0 Å². The molecule has 0 spiro atoms. The van der Waals surface area contributed by atoms with Gasteiger partial charge in [-0.05, 0) is 35.6 Å². The van der Waals surface area contributed by atoms with Crippen molar-refractivity contribution >= 4 is 29.3 Å². The first-order valence-corrected chi connectivity index (χ1v) is 9.97. The number of rotatable bonds is 5. The van der Waals surface area contributed by atoms with E-state index in [1.807, 2.05) is 11.0 Å². The lowest BCUT2D eigenvalue weighted by Gasteiger charge is -2.35. The summed E-state index contributed by atoms with van der Waals surface area (Å²) in [5.41, 5.74) is 1.59. The number of amides is 1. The molecule has 1 aromatic carbocycles. The van der Waals surface area contributed by atoms with Crippen molar-refractivity contribution in [3.8, 4) is 0 Å². The van der Waals surface area contributed by atoms with Gasteiger partial charge in [0.1, 0.15) is 5.82 Å². The molecule has 26 heavy (non-hydrogen) atoms. The molecule has 2 aromatic rings. The van der Waals surface area contributed by atoms with Gasteiger partial charge in [-0.2, -0.15) is 0 Å². The van der Waals surface area contributed by atoms with Crippen molar-refractivity contribution in [2.75, 3.05) is 31.9 Å². The van der Waals surface area contributed by atoms with E-state index >= 15 is 0 Å². The maximum atomic E-state index is 13.2. The van der Waals surface area contributed by atoms with Crippen molar-refractivity contribution in [1.82, 2.24) is 14.8 Å². The lowest BCUT2D eigenvalue weighted by Crippen LogP contribution is -2.48. The van der Waals surface area contributed by atoms with E-state index in [1.54, 1.807) is 30.1 Å². The summed E-state index contributed by atoms with van der Waals surface area (Å²) in [6, 6.07) is 8.12. The zero-order chi connectivity index (χ0) is 18.5. The fourth-order valence-corrected chi connectivity index (χ4v) is 3.82. The van der Waals surface area contributed by atoms with E-state index in [9.17, 15) is 9.18 Å². The Balaban J connectivity index is 1.57. The summed E-state index contributed by atoms with van der Waals surface area (Å²) in [6.07, 6.45) is 1.69. The van der Waals surface area contributed by atoms with Crippen molar-refractivity contribution in [3.05, 3.63) is 58.5 Å². The molecule has 0 unspecified atom stereocenters. The lowest BCUT2D eigenvalue weighted by molar-refractivity contribution is 0.0628. The number of aromatic nitrogens is 1. The third-order valence-electron chi connectivity index (χ3n) is 4.34. The van der Waals surface area contributed by atoms with Crippen molar-refractivity contribution < 1.29 is 9.18 Å². The number of benzene rings is 1. The quantitative estimate of drug-likeness (QED) is 0.721. The first-order chi connectivity index (χ1) is 12.6. The van der Waals surface area contributed by atoms with Crippen LogP contribution in [0.3, 0.4) is 0 Å². The van der Waals surface area contributed by atoms with Gasteiger partial charge in [-0.1, -0.05) is 24.6 Å². The Labute approximate surface area is 162 Å². The van der Waals surface area contributed by atoms with E-state index in [-0.39, 0.29) is 11.7 Å². The summed E-state index contributed by atoms with van der Waals surface area (Å²) in [7, 11) is 0. The molecule has 7 heteroatoms. The molecule has 4 nitrogen and oxygen atoms in total. The molecule has 2 heterocycles. The van der Waals surface area contributed by atoms with Gasteiger partial charge in [0.05, 0.1) is 5.03 Å². The average Bonchev–Trinajstić information content (AvgIpc) is 2.65. The molecule has 3 rings (SSSR count). The SMILES string of the molecule is CCSc1cc(C(=O)N2CCN(Cc3ccc(F)cc3Cl)CC2)ccn1. The second-order valence-electron chi connectivity index (χ2n) is 6.12. The normalized spacial score (nSPS) is 15.3. The number of thioether (sulfide) groups is 1. The zero-order valence-corrected chi connectivity index (χ0v) is 16.2. The lowest BCUT2D eigenvalue weighted by atomic mass is 10.1. The molecule has 0 saturated carbocycles. The standard InChI is InChI=1S/C19H21ClFN3OS/c1-2-26-18-11-14(5-6-22-18)19(25)24-9-7-23(8-10-24)13-15-3-4-16(21)12-17(15)20/h3-6,11-12H,2,7-10,13H2,1H3. The topological polar surface area (TPSA) is 36.4 Å². The zero-order valence-electron chi connectivity index (χ0n) is 14.6. The van der Waals surface area contributed by atoms with E-state index in [0.717, 1.165) is 29.4 Å². The van der Waals surface area contributed by atoms with Crippen LogP contribution in [0.2, 0.25) is 5.02 Å². The van der Waals surface area contributed by atoms with Crippen LogP contribution in [0.4, 0.5) is 4.39 Å². The number of hydrogen-bond acceptors (Lipinski definition) is 4. The van der Waals surface area contributed by atoms with Gasteiger partial charge in [0.25, 0.3) is 5.91 Å². The molecule has 0 aliphatic carbocycles. The van der Waals surface area contributed by atoms with Crippen LogP contribution < -0.4 is 0 Å². The predicted molar refractivity (Wildman–Crippen MR) is 103 cm³/mol. The molecule has 1 saturated heterocycles. The van der Waals surface area contributed by atoms with E-state index in [4.69, 9.17) is 11.6 Å². The van der Waals surface area contributed by atoms with Gasteiger partial charge in [-0.15, -0.1) is 11.8 Å². The number of carbonyl (C=O) groups excluding carboxylic acids is 1. The molecule has 1 aromatic heterocycles. The van der Waals surface area contributed by atoms with Gasteiger partial charge in [0, 0.05) is 49.5 Å². The molecular formula is C19H21ClFN3OS. The second-order valence-corrected chi connectivity index (χ2v) is 7.81. The second kappa shape index (κ2) is 8.84. The van der Waals surface area contributed by atoms with E-state index in [1.165, 1.54) is 12.1 Å². The first kappa shape index (κ1) is 19.1. The van der Waals surface area contributed by atoms with E-state index in [2.05, 4.69) is 16.8 Å². The number of halogens is 2. The molecule has 138 valence electrons. The maximum Gasteiger partial charge on any atom is 0.254 e. The summed E-state index contributed by atoms with van der Waals surface area (Å²) >= 11 is 7.74. The van der Waals surface area contributed by atoms with Gasteiger partial charge >= 0.3 is 0 Å². The Morgan fingerprint density at radius 1 is 1.23 bits per heavy atom. The molecule has 0 radical (unpaired) electrons. The van der Waals surface area contributed by atoms with Crippen LogP contribution in [0.15, 0.2) is 41.6 Å². The van der Waals surface area contributed by atoms with Crippen molar-refractivity contribution in [1.29, 1.82) is 0 Å². The van der Waals surface area contributed by atoms with Crippen molar-refractivity contribution in [2.45, 2.75) is 18.5 Å². The fraction of sp³-hybridized carbons (Fsp3) is 0.368. The number of nitrogens with zero attached hydrogens (tertiary/aromatic N) is 3. The highest BCUT2D eigenvalue weighted by atomic mass is 35.5. The highest BCUT2D eigenvalue weighted by Gasteiger charge is 2.23. The van der Waals surface area contributed by atoms with Gasteiger partial charge < -0.3 is 4.90 Å². The summed E-state index contributed by atoms with van der Waals surface area (Å²) in [5, 5.41) is 1.32. The molecular weight excluding hydrogens is 373 g/mol. The Bertz CT molecular complexity index is 781. The molecule has 0 bridgehead atoms. The largest absolute Gasteiger partial charge is 0.336 e. The minimum Gasteiger partial charge on any atom is -0.336 e. The molecule has 1 aliphatic heterocycles. The van der Waals surface area contributed by atoms with Crippen LogP contribution in [0, 0.1) is 5.82 Å². The highest BCUT2D eigenvalue weighted by Crippen LogP contribution is 2.21. The smallest absolute Gasteiger partial charge is 0.254 e. The molecule has 1 amide bonds. The summed E-state index contributed by atoms with van der Waals surface area (Å²) in [6.45, 7) is 5.58. The molecule has 0 atom stereocenters. The maximum absolute atomic E-state index is 13.2. The molecule has 1 aliphatic rings. The Morgan fingerprint density at radius 3 is 2.69 bits per heavy atom. The highest BCUT2D eigenvalue weighted by molar-refractivity contribution is 7.99. The van der Waals surface area contributed by atoms with Crippen molar-refractivity contribution in [3.63, 3.8) is 0 Å². The van der Waals surface area contributed by atoms with Crippen molar-refractivity contribution in [2.24, 2.45) is 0 Å². The predicted octanol–water partition coefficient (Wildman–Crippen LogP) is 3.94. The van der Waals surface area contributed by atoms with Gasteiger partial charge in [0.2, 0.25) is 0 Å². The third kappa shape index (κ3) is 4.75. The minimum atomic E-state index is -0.327. The van der Waals surface area contributed by atoms with Crippen LogP contribution in [0.1, 0.15) is 22.8 Å². The Kier molecular flexibility index (Phi) is 6.51. The van der Waals surface area contributed by atoms with Crippen LogP contribution in [-0.4, -0.2) is 52.6 Å². The van der Waals surface area contributed by atoms with Gasteiger partial charge in [0.15, 0.2) is 0 Å².